The topological polar surface area (TPSA) is 85.3 Å². The second-order valence-electron chi connectivity index (χ2n) is 20.4. The number of hydrogen-bond acceptors (Lipinski definition) is 8. The van der Waals surface area contributed by atoms with E-state index in [1.807, 2.05) is 72.8 Å². The first-order valence-corrected chi connectivity index (χ1v) is 26.1. The molecule has 0 spiro atoms. The van der Waals surface area contributed by atoms with Gasteiger partial charge in [-0.1, -0.05) is 72.8 Å². The van der Waals surface area contributed by atoms with Gasteiger partial charge in [-0.15, -0.1) is 0 Å². The van der Waals surface area contributed by atoms with Gasteiger partial charge in [0.2, 0.25) is 0 Å². The van der Waals surface area contributed by atoms with E-state index in [1.165, 1.54) is 0 Å². The maximum atomic E-state index is 6.83. The van der Waals surface area contributed by atoms with Crippen LogP contribution in [0.4, 0.5) is 34.1 Å². The number of nitrogens with zero attached hydrogens (tertiary/aromatic N) is 2. The Balaban J connectivity index is 0.751. The highest BCUT2D eigenvalue weighted by molar-refractivity contribution is 6.17. The zero-order valence-corrected chi connectivity index (χ0v) is 41.3. The molecule has 0 unspecified atom stereocenters. The molecular weight excluding hydrogens is 965 g/mol. The highest BCUT2D eigenvalue weighted by Crippen LogP contribution is 2.46. The Labute approximate surface area is 441 Å². The van der Waals surface area contributed by atoms with Crippen molar-refractivity contribution in [3.8, 4) is 0 Å². The molecule has 364 valence electrons. The summed E-state index contributed by atoms with van der Waals surface area (Å²) in [5.74, 6) is 0. The largest absolute Gasteiger partial charge is 0.456 e. The van der Waals surface area contributed by atoms with Crippen LogP contribution in [0.5, 0.6) is 0 Å². The molecule has 12 aromatic carbocycles. The normalized spacial score (nSPS) is 12.4. The zero-order chi connectivity index (χ0) is 50.7. The van der Waals surface area contributed by atoms with E-state index in [0.29, 0.717) is 0 Å². The molecule has 0 amide bonds. The van der Waals surface area contributed by atoms with Gasteiger partial charge in [-0.2, -0.15) is 0 Å². The molecule has 0 aliphatic carbocycles. The highest BCUT2D eigenvalue weighted by atomic mass is 16.3. The Morgan fingerprint density at radius 1 is 0.167 bits per heavy atom. The van der Waals surface area contributed by atoms with Gasteiger partial charge >= 0.3 is 0 Å². The minimum atomic E-state index is 0.780. The quantitative estimate of drug-likeness (QED) is 0.163. The molecular formula is C70H38N2O6. The fraction of sp³-hybridized carbons (Fsp3) is 0. The van der Waals surface area contributed by atoms with Gasteiger partial charge in [0.05, 0.1) is 0 Å². The molecule has 6 heterocycles. The lowest BCUT2D eigenvalue weighted by molar-refractivity contribution is 0.667. The van der Waals surface area contributed by atoms with Gasteiger partial charge in [0, 0.05) is 135 Å². The van der Waals surface area contributed by atoms with Crippen LogP contribution in [0.3, 0.4) is 0 Å². The van der Waals surface area contributed by atoms with Crippen molar-refractivity contribution >= 4 is 177 Å². The number of para-hydroxylation sites is 4. The van der Waals surface area contributed by atoms with Crippen LogP contribution in [0.25, 0.3) is 142 Å². The van der Waals surface area contributed by atoms with E-state index in [2.05, 4.69) is 168 Å². The van der Waals surface area contributed by atoms with E-state index in [4.69, 9.17) is 26.5 Å². The van der Waals surface area contributed by atoms with Crippen molar-refractivity contribution in [2.75, 3.05) is 9.80 Å². The fourth-order valence-corrected chi connectivity index (χ4v) is 12.4. The molecule has 18 aromatic rings. The maximum absolute atomic E-state index is 6.83. The van der Waals surface area contributed by atoms with Crippen LogP contribution >= 0.6 is 0 Å². The second-order valence-corrected chi connectivity index (χ2v) is 20.4. The number of anilines is 6. The Morgan fingerprint density at radius 3 is 0.641 bits per heavy atom. The Kier molecular flexibility index (Phi) is 8.24. The molecule has 0 N–H and O–H groups in total. The summed E-state index contributed by atoms with van der Waals surface area (Å²) < 4.78 is 39.4. The van der Waals surface area contributed by atoms with Crippen molar-refractivity contribution in [1.29, 1.82) is 0 Å². The first-order valence-electron chi connectivity index (χ1n) is 26.1. The monoisotopic (exact) mass is 1000 g/mol. The Hall–Kier alpha value is -10.7. The SMILES string of the molecule is c1ccc2c(c1)oc1cc(N(c3ccc4c(c3)oc3ccccc34)c3ccc4c(c3)oc3cc5cc6c(cc5cc34)oc3cc(N(c4ccc5c(c4)oc4ccccc45)c4ccc5c(c4)oc4ccccc45)ccc36)ccc12. The van der Waals surface area contributed by atoms with Crippen molar-refractivity contribution < 1.29 is 26.5 Å². The highest BCUT2D eigenvalue weighted by Gasteiger charge is 2.23. The van der Waals surface area contributed by atoms with Crippen molar-refractivity contribution in [2.45, 2.75) is 0 Å². The summed E-state index contributed by atoms with van der Waals surface area (Å²) in [5, 5.41) is 14.8. The van der Waals surface area contributed by atoms with Crippen LogP contribution in [0.2, 0.25) is 0 Å². The second kappa shape index (κ2) is 15.4. The van der Waals surface area contributed by atoms with Crippen molar-refractivity contribution in [2.24, 2.45) is 0 Å². The van der Waals surface area contributed by atoms with E-state index in [9.17, 15) is 0 Å². The van der Waals surface area contributed by atoms with Crippen molar-refractivity contribution in [1.82, 2.24) is 0 Å². The molecule has 8 nitrogen and oxygen atoms in total. The molecule has 0 aliphatic heterocycles. The number of benzene rings is 12. The lowest BCUT2D eigenvalue weighted by Crippen LogP contribution is -2.09. The van der Waals surface area contributed by atoms with Crippen LogP contribution in [0.15, 0.2) is 257 Å². The number of hydrogen-bond donors (Lipinski definition) is 0. The van der Waals surface area contributed by atoms with E-state index in [0.717, 1.165) is 177 Å². The van der Waals surface area contributed by atoms with Gasteiger partial charge in [0.15, 0.2) is 0 Å². The van der Waals surface area contributed by atoms with E-state index >= 15 is 0 Å². The van der Waals surface area contributed by atoms with Gasteiger partial charge < -0.3 is 36.3 Å². The molecule has 0 radical (unpaired) electrons. The molecule has 0 fully saturated rings. The standard InChI is InChI=1S/C70H38N2O6/c1-5-13-59-47(9-1)51-23-17-41(33-65(51)73-59)71(42-18-24-52-48-10-2-6-14-60(48)74-66(52)34-42)45-21-27-55-57-29-39-32-64-58(30-40(39)31-63(57)77-69(55)37-45)56-28-22-46(38-70(56)78-64)72(43-19-25-53-49-11-3-7-15-61(49)75-67(53)35-43)44-20-26-54-50-12-4-8-16-62(50)76-68(54)36-44/h1-38H. The van der Waals surface area contributed by atoms with Crippen LogP contribution in [-0.4, -0.2) is 0 Å². The van der Waals surface area contributed by atoms with Crippen LogP contribution < -0.4 is 9.80 Å². The van der Waals surface area contributed by atoms with Crippen molar-refractivity contribution in [3.63, 3.8) is 0 Å². The third kappa shape index (κ3) is 6.05. The molecule has 18 rings (SSSR count). The first kappa shape index (κ1) is 41.6. The summed E-state index contributed by atoms with van der Waals surface area (Å²) in [6, 6.07) is 80.1. The predicted octanol–water partition coefficient (Wildman–Crippen LogP) is 21.2. The first-order chi connectivity index (χ1) is 38.6. The smallest absolute Gasteiger partial charge is 0.137 e. The lowest BCUT2D eigenvalue weighted by atomic mass is 10.0. The summed E-state index contributed by atoms with van der Waals surface area (Å²) in [4.78, 5) is 4.48. The van der Waals surface area contributed by atoms with Crippen LogP contribution in [0.1, 0.15) is 0 Å². The van der Waals surface area contributed by atoms with E-state index < -0.39 is 0 Å². The molecule has 6 aromatic heterocycles. The molecule has 0 saturated carbocycles. The van der Waals surface area contributed by atoms with Gasteiger partial charge in [-0.05, 0) is 132 Å². The molecule has 0 atom stereocenters. The molecule has 0 saturated heterocycles. The third-order valence-electron chi connectivity index (χ3n) is 16.0. The Morgan fingerprint density at radius 2 is 0.372 bits per heavy atom. The minimum absolute atomic E-state index is 0.780. The fourth-order valence-electron chi connectivity index (χ4n) is 12.4. The summed E-state index contributed by atoms with van der Waals surface area (Å²) in [7, 11) is 0. The molecule has 0 bridgehead atoms. The average Bonchev–Trinajstić information content (AvgIpc) is 4.45. The third-order valence-corrected chi connectivity index (χ3v) is 16.0. The van der Waals surface area contributed by atoms with Gasteiger partial charge in [-0.25, -0.2) is 0 Å². The molecule has 0 aliphatic rings. The number of furan rings is 6. The van der Waals surface area contributed by atoms with E-state index in [1.54, 1.807) is 0 Å². The maximum Gasteiger partial charge on any atom is 0.137 e. The van der Waals surface area contributed by atoms with E-state index in [-0.39, 0.29) is 0 Å². The summed E-state index contributed by atoms with van der Waals surface area (Å²) >= 11 is 0. The lowest BCUT2D eigenvalue weighted by Gasteiger charge is -2.25. The zero-order valence-electron chi connectivity index (χ0n) is 41.3. The minimum Gasteiger partial charge on any atom is -0.456 e. The van der Waals surface area contributed by atoms with Crippen LogP contribution in [0, 0.1) is 0 Å². The molecule has 8 heteroatoms. The Bertz CT molecular complexity index is 5000. The summed E-state index contributed by atoms with van der Waals surface area (Å²) in [5.41, 5.74) is 15.5. The van der Waals surface area contributed by atoms with Crippen molar-refractivity contribution in [3.05, 3.63) is 231 Å². The predicted molar refractivity (Wildman–Crippen MR) is 317 cm³/mol. The summed E-state index contributed by atoms with van der Waals surface area (Å²) in [6.07, 6.45) is 0. The summed E-state index contributed by atoms with van der Waals surface area (Å²) in [6.45, 7) is 0. The van der Waals surface area contributed by atoms with Crippen LogP contribution in [-0.2, 0) is 0 Å². The average molecular weight is 1000 g/mol. The van der Waals surface area contributed by atoms with Gasteiger partial charge in [0.25, 0.3) is 0 Å². The number of rotatable bonds is 6. The molecule has 78 heavy (non-hydrogen) atoms. The van der Waals surface area contributed by atoms with Gasteiger partial charge in [0.1, 0.15) is 67.0 Å². The number of fused-ring (bicyclic) bond motifs is 19. The van der Waals surface area contributed by atoms with Gasteiger partial charge in [-0.3, -0.25) is 0 Å².